The van der Waals surface area contributed by atoms with Gasteiger partial charge in [0.25, 0.3) is 0 Å². The third-order valence-corrected chi connectivity index (χ3v) is 1.21. The van der Waals surface area contributed by atoms with Gasteiger partial charge in [0, 0.05) is 0 Å². The fourth-order valence-corrected chi connectivity index (χ4v) is 0.500. The van der Waals surface area contributed by atoms with Gasteiger partial charge >= 0.3 is 21.1 Å². The Bertz CT molecular complexity index is 25.9. The number of rotatable bonds is 4. The molecule has 0 bridgehead atoms. The normalized spacial score (nSPS) is 7.64. The van der Waals surface area contributed by atoms with E-state index in [9.17, 15) is 0 Å². The monoisotopic (exact) mass is 337 g/mol. The summed E-state index contributed by atoms with van der Waals surface area (Å²) in [6, 6.07) is 0. The molecule has 0 radical (unpaired) electrons. The second kappa shape index (κ2) is 22.4. The minimum absolute atomic E-state index is 0. The van der Waals surface area contributed by atoms with Crippen molar-refractivity contribution in [1.82, 2.24) is 0 Å². The Morgan fingerprint density at radius 2 is 1.09 bits per heavy atom. The minimum atomic E-state index is 0. The molecule has 0 aromatic heterocycles. The van der Waals surface area contributed by atoms with Crippen LogP contribution in [0.25, 0.3) is 0 Å². The molecule has 0 aliphatic rings. The van der Waals surface area contributed by atoms with E-state index in [1.54, 1.807) is 0 Å². The van der Waals surface area contributed by atoms with Gasteiger partial charge in [-0.2, -0.15) is 12.8 Å². The summed E-state index contributed by atoms with van der Waals surface area (Å²) in [7, 11) is 0. The van der Waals surface area contributed by atoms with Crippen LogP contribution in [0.15, 0.2) is 0 Å². The van der Waals surface area contributed by atoms with Crippen LogP contribution in [0.2, 0.25) is 0 Å². The molecule has 0 aromatic carbocycles. The fourth-order valence-electron chi connectivity index (χ4n) is 0.500. The van der Waals surface area contributed by atoms with Gasteiger partial charge in [-0.05, 0) is 0 Å². The Kier molecular flexibility index (Phi) is 36.1. The van der Waals surface area contributed by atoms with Crippen LogP contribution >= 0.6 is 0 Å². The van der Waals surface area contributed by atoms with E-state index in [4.69, 9.17) is 0 Å². The van der Waals surface area contributed by atoms with Crippen LogP contribution in [-0.4, -0.2) is 0 Å². The Labute approximate surface area is 87.4 Å². The van der Waals surface area contributed by atoms with Gasteiger partial charge < -0.3 is 13.8 Å². The van der Waals surface area contributed by atoms with E-state index in [1.165, 1.54) is 25.7 Å². The molecule has 0 fully saturated rings. The molecule has 0 nitrogen and oxygen atoms in total. The van der Waals surface area contributed by atoms with Crippen LogP contribution in [0.4, 0.5) is 0 Å². The molecule has 0 rings (SSSR count). The van der Waals surface area contributed by atoms with Gasteiger partial charge in [-0.25, -0.2) is 0 Å². The predicted octanol–water partition coefficient (Wildman–Crippen LogP) is 4.02. The van der Waals surface area contributed by atoms with E-state index in [0.29, 0.717) is 0 Å². The van der Waals surface area contributed by atoms with Crippen molar-refractivity contribution in [3.05, 3.63) is 13.8 Å². The number of unbranched alkanes of at least 4 members (excludes halogenated alkanes) is 4. The average Bonchev–Trinajstić information content (AvgIpc) is 1.93. The van der Waals surface area contributed by atoms with E-state index in [1.807, 2.05) is 0 Å². The standard InChI is InChI=1S/2C5H11.Pt/c2*1-3-5-4-2;/h2*1,3-5H2,2H3;/q2*-1;+2. The predicted molar refractivity (Wildman–Crippen MR) is 49.8 cm³/mol. The molecule has 0 unspecified atom stereocenters. The number of hydrogen-bond acceptors (Lipinski definition) is 0. The first-order chi connectivity index (χ1) is 4.83. The Hall–Kier alpha value is 0.688. The molecule has 0 heterocycles. The summed E-state index contributed by atoms with van der Waals surface area (Å²) >= 11 is 0. The first-order valence-electron chi connectivity index (χ1n) is 4.41. The zero-order valence-electron chi connectivity index (χ0n) is 7.97. The third-order valence-electron chi connectivity index (χ3n) is 1.21. The molecule has 0 spiro atoms. The van der Waals surface area contributed by atoms with Crippen LogP contribution in [0.3, 0.4) is 0 Å². The molecule has 0 amide bonds. The first kappa shape index (κ1) is 17.7. The molecular weight excluding hydrogens is 315 g/mol. The Balaban J connectivity index is -0.000000107. The fraction of sp³-hybridized carbons (Fsp3) is 0.800. The van der Waals surface area contributed by atoms with Crippen LogP contribution < -0.4 is 0 Å². The quantitative estimate of drug-likeness (QED) is 0.680. The maximum absolute atomic E-state index is 3.68. The molecule has 0 aromatic rings. The average molecular weight is 337 g/mol. The molecule has 0 saturated heterocycles. The van der Waals surface area contributed by atoms with E-state index >= 15 is 0 Å². The Morgan fingerprint density at radius 1 is 0.818 bits per heavy atom. The molecule has 1 heteroatoms. The summed E-state index contributed by atoms with van der Waals surface area (Å²) in [5, 5.41) is 0. The van der Waals surface area contributed by atoms with E-state index in [0.717, 1.165) is 12.8 Å². The molecule has 0 aliphatic heterocycles. The van der Waals surface area contributed by atoms with Crippen molar-refractivity contribution in [2.24, 2.45) is 0 Å². The van der Waals surface area contributed by atoms with Gasteiger partial charge in [0.15, 0.2) is 0 Å². The molecule has 0 saturated carbocycles. The van der Waals surface area contributed by atoms with Crippen molar-refractivity contribution in [3.8, 4) is 0 Å². The maximum atomic E-state index is 3.68. The van der Waals surface area contributed by atoms with Gasteiger partial charge in [0.2, 0.25) is 0 Å². The summed E-state index contributed by atoms with van der Waals surface area (Å²) in [4.78, 5) is 0. The van der Waals surface area contributed by atoms with Crippen LogP contribution in [0.1, 0.15) is 52.4 Å². The zero-order chi connectivity index (χ0) is 8.24. The molecular formula is C10H22Pt. The number of hydrogen-bond donors (Lipinski definition) is 0. The molecule has 0 aliphatic carbocycles. The van der Waals surface area contributed by atoms with Gasteiger partial charge in [-0.1, -0.05) is 39.5 Å². The van der Waals surface area contributed by atoms with Crippen molar-refractivity contribution in [1.29, 1.82) is 0 Å². The van der Waals surface area contributed by atoms with Crippen LogP contribution in [-0.2, 0) is 21.1 Å². The minimum Gasteiger partial charge on any atom is -0.343 e. The molecule has 0 N–H and O–H groups in total. The first-order valence-corrected chi connectivity index (χ1v) is 4.41. The summed E-state index contributed by atoms with van der Waals surface area (Å²) in [5.74, 6) is 0. The van der Waals surface area contributed by atoms with E-state index < -0.39 is 0 Å². The van der Waals surface area contributed by atoms with Gasteiger partial charge in [-0.15, -0.1) is 0 Å². The molecule has 0 atom stereocenters. The largest absolute Gasteiger partial charge is 2.00 e. The van der Waals surface area contributed by atoms with Crippen molar-refractivity contribution >= 4 is 0 Å². The van der Waals surface area contributed by atoms with Gasteiger partial charge in [0.1, 0.15) is 0 Å². The summed E-state index contributed by atoms with van der Waals surface area (Å²) in [6.07, 6.45) is 7.31. The Morgan fingerprint density at radius 3 is 1.09 bits per heavy atom. The SMILES string of the molecule is [CH2-]CCCC.[CH2-]CCCC.[Pt+2]. The van der Waals surface area contributed by atoms with Crippen molar-refractivity contribution in [2.75, 3.05) is 0 Å². The molecule has 11 heavy (non-hydrogen) atoms. The van der Waals surface area contributed by atoms with Gasteiger partial charge in [0.05, 0.1) is 0 Å². The second-order valence-corrected chi connectivity index (χ2v) is 2.41. The van der Waals surface area contributed by atoms with Gasteiger partial charge in [-0.3, -0.25) is 0 Å². The maximum Gasteiger partial charge on any atom is 2.00 e. The molecule has 72 valence electrons. The van der Waals surface area contributed by atoms with Crippen molar-refractivity contribution in [3.63, 3.8) is 0 Å². The summed E-state index contributed by atoms with van der Waals surface area (Å²) in [5.41, 5.74) is 0. The van der Waals surface area contributed by atoms with Crippen LogP contribution in [0, 0.1) is 13.8 Å². The smallest absolute Gasteiger partial charge is 0.343 e. The summed E-state index contributed by atoms with van der Waals surface area (Å²) < 4.78 is 0. The van der Waals surface area contributed by atoms with Crippen molar-refractivity contribution < 1.29 is 21.1 Å². The summed E-state index contributed by atoms with van der Waals surface area (Å²) in [6.45, 7) is 11.7. The third kappa shape index (κ3) is 36.7. The topological polar surface area (TPSA) is 0 Å². The van der Waals surface area contributed by atoms with E-state index in [2.05, 4.69) is 27.7 Å². The van der Waals surface area contributed by atoms with Crippen molar-refractivity contribution in [2.45, 2.75) is 52.4 Å². The second-order valence-electron chi connectivity index (χ2n) is 2.41. The zero-order valence-corrected chi connectivity index (χ0v) is 10.2. The van der Waals surface area contributed by atoms with E-state index in [-0.39, 0.29) is 21.1 Å². The van der Waals surface area contributed by atoms with Crippen LogP contribution in [0.5, 0.6) is 0 Å².